The van der Waals surface area contributed by atoms with Gasteiger partial charge in [-0.25, -0.2) is 9.37 Å². The maximum atomic E-state index is 13.5. The third kappa shape index (κ3) is 2.93. The first kappa shape index (κ1) is 12.7. The standard InChI is InChI=1S/C13H13BrFNS/c1-8-13(17-9(2)16-8)11(14)7-10-5-3-4-6-12(10)15/h3-6,11H,7H2,1-2H3. The highest BCUT2D eigenvalue weighted by atomic mass is 79.9. The number of hydrogen-bond acceptors (Lipinski definition) is 2. The molecule has 0 radical (unpaired) electrons. The second kappa shape index (κ2) is 5.27. The van der Waals surface area contributed by atoms with Crippen molar-refractivity contribution < 1.29 is 4.39 Å². The highest BCUT2D eigenvalue weighted by Gasteiger charge is 2.16. The number of nitrogens with zero attached hydrogens (tertiary/aromatic N) is 1. The van der Waals surface area contributed by atoms with Gasteiger partial charge in [-0.3, -0.25) is 0 Å². The van der Waals surface area contributed by atoms with Crippen LogP contribution in [0.5, 0.6) is 0 Å². The molecule has 0 spiro atoms. The van der Waals surface area contributed by atoms with Crippen LogP contribution in [0.4, 0.5) is 4.39 Å². The van der Waals surface area contributed by atoms with Gasteiger partial charge in [0, 0.05) is 4.88 Å². The zero-order chi connectivity index (χ0) is 12.4. The normalized spacial score (nSPS) is 12.7. The van der Waals surface area contributed by atoms with Crippen LogP contribution >= 0.6 is 27.3 Å². The lowest BCUT2D eigenvalue weighted by molar-refractivity contribution is 0.608. The number of hydrogen-bond donors (Lipinski definition) is 0. The van der Waals surface area contributed by atoms with Gasteiger partial charge in [-0.05, 0) is 31.9 Å². The van der Waals surface area contributed by atoms with Crippen LogP contribution in [0.1, 0.15) is 26.0 Å². The molecule has 1 atom stereocenters. The summed E-state index contributed by atoms with van der Waals surface area (Å²) in [6.07, 6.45) is 0.648. The third-order valence-electron chi connectivity index (χ3n) is 2.58. The molecule has 1 unspecified atom stereocenters. The number of rotatable bonds is 3. The number of thiazole rings is 1. The van der Waals surface area contributed by atoms with E-state index in [9.17, 15) is 4.39 Å². The molecule has 0 N–H and O–H groups in total. The smallest absolute Gasteiger partial charge is 0.126 e. The van der Waals surface area contributed by atoms with Gasteiger partial charge >= 0.3 is 0 Å². The van der Waals surface area contributed by atoms with Crippen LogP contribution < -0.4 is 0 Å². The van der Waals surface area contributed by atoms with Gasteiger partial charge in [0.15, 0.2) is 0 Å². The molecule has 2 rings (SSSR count). The molecule has 0 saturated heterocycles. The second-order valence-corrected chi connectivity index (χ2v) is 6.29. The van der Waals surface area contributed by atoms with Crippen LogP contribution in [0.15, 0.2) is 24.3 Å². The summed E-state index contributed by atoms with van der Waals surface area (Å²) in [5.41, 5.74) is 1.77. The molecule has 4 heteroatoms. The Labute approximate surface area is 113 Å². The molecular formula is C13H13BrFNS. The van der Waals surface area contributed by atoms with E-state index in [0.717, 1.165) is 16.3 Å². The van der Waals surface area contributed by atoms with E-state index in [1.54, 1.807) is 17.4 Å². The maximum absolute atomic E-state index is 13.5. The van der Waals surface area contributed by atoms with Crippen molar-refractivity contribution in [2.24, 2.45) is 0 Å². The number of benzene rings is 1. The highest BCUT2D eigenvalue weighted by Crippen LogP contribution is 2.34. The van der Waals surface area contributed by atoms with Crippen molar-refractivity contribution in [3.05, 3.63) is 51.2 Å². The zero-order valence-electron chi connectivity index (χ0n) is 9.71. The molecule has 1 heterocycles. The molecule has 0 aliphatic carbocycles. The highest BCUT2D eigenvalue weighted by molar-refractivity contribution is 9.09. The van der Waals surface area contributed by atoms with Crippen molar-refractivity contribution in [3.63, 3.8) is 0 Å². The summed E-state index contributed by atoms with van der Waals surface area (Å²) >= 11 is 5.29. The summed E-state index contributed by atoms with van der Waals surface area (Å²) < 4.78 is 13.5. The fourth-order valence-corrected chi connectivity index (χ4v) is 3.65. The molecule has 90 valence electrons. The van der Waals surface area contributed by atoms with Crippen molar-refractivity contribution >= 4 is 27.3 Å². The van der Waals surface area contributed by atoms with E-state index < -0.39 is 0 Å². The number of alkyl halides is 1. The monoisotopic (exact) mass is 313 g/mol. The van der Waals surface area contributed by atoms with Gasteiger partial charge in [-0.2, -0.15) is 0 Å². The Bertz CT molecular complexity index is 524. The van der Waals surface area contributed by atoms with E-state index in [2.05, 4.69) is 20.9 Å². The van der Waals surface area contributed by atoms with E-state index in [1.807, 2.05) is 26.0 Å². The average Bonchev–Trinajstić information content (AvgIpc) is 2.61. The van der Waals surface area contributed by atoms with Crippen molar-refractivity contribution in [3.8, 4) is 0 Å². The second-order valence-electron chi connectivity index (χ2n) is 3.95. The van der Waals surface area contributed by atoms with Gasteiger partial charge < -0.3 is 0 Å². The van der Waals surface area contributed by atoms with Crippen LogP contribution in [0.2, 0.25) is 0 Å². The van der Waals surface area contributed by atoms with Gasteiger partial charge in [-0.15, -0.1) is 11.3 Å². The molecular weight excluding hydrogens is 301 g/mol. The van der Waals surface area contributed by atoms with Gasteiger partial charge in [0.2, 0.25) is 0 Å². The SMILES string of the molecule is Cc1nc(C)c(C(Br)Cc2ccccc2F)s1. The molecule has 2 aromatic rings. The lowest BCUT2D eigenvalue weighted by atomic mass is 10.1. The Kier molecular flexibility index (Phi) is 3.94. The van der Waals surface area contributed by atoms with E-state index in [4.69, 9.17) is 0 Å². The molecule has 1 aromatic heterocycles. The van der Waals surface area contributed by atoms with Gasteiger partial charge in [0.1, 0.15) is 5.82 Å². The molecule has 0 aliphatic heterocycles. The van der Waals surface area contributed by atoms with Crippen molar-refractivity contribution in [2.45, 2.75) is 25.1 Å². The van der Waals surface area contributed by atoms with Crippen LogP contribution in [0.3, 0.4) is 0 Å². The minimum atomic E-state index is -0.143. The molecule has 0 bridgehead atoms. The van der Waals surface area contributed by atoms with Gasteiger partial charge in [0.05, 0.1) is 15.5 Å². The topological polar surface area (TPSA) is 12.9 Å². The Balaban J connectivity index is 2.20. The Morgan fingerprint density at radius 2 is 2.06 bits per heavy atom. The minimum Gasteiger partial charge on any atom is -0.247 e. The predicted octanol–water partition coefficient (Wildman–Crippen LogP) is 4.58. The van der Waals surface area contributed by atoms with Crippen LogP contribution in [-0.4, -0.2) is 4.98 Å². The molecule has 0 amide bonds. The quantitative estimate of drug-likeness (QED) is 0.756. The third-order valence-corrected chi connectivity index (χ3v) is 4.85. The van der Waals surface area contributed by atoms with Crippen LogP contribution in [0, 0.1) is 19.7 Å². The molecule has 0 fully saturated rings. The summed E-state index contributed by atoms with van der Waals surface area (Å²) in [6, 6.07) is 6.90. The first-order chi connectivity index (χ1) is 8.08. The summed E-state index contributed by atoms with van der Waals surface area (Å²) in [5, 5.41) is 1.05. The largest absolute Gasteiger partial charge is 0.247 e. The van der Waals surface area contributed by atoms with Crippen LogP contribution in [0.25, 0.3) is 0 Å². The fourth-order valence-electron chi connectivity index (χ4n) is 1.79. The number of aromatic nitrogens is 1. The Morgan fingerprint density at radius 3 is 2.65 bits per heavy atom. The maximum Gasteiger partial charge on any atom is 0.126 e. The molecule has 0 saturated carbocycles. The van der Waals surface area contributed by atoms with Crippen LogP contribution in [-0.2, 0) is 6.42 Å². The Hall–Kier alpha value is -0.740. The summed E-state index contributed by atoms with van der Waals surface area (Å²) in [7, 11) is 0. The Morgan fingerprint density at radius 1 is 1.35 bits per heavy atom. The summed E-state index contributed by atoms with van der Waals surface area (Å²) in [5.74, 6) is -0.143. The lowest BCUT2D eigenvalue weighted by Gasteiger charge is -2.09. The fraction of sp³-hybridized carbons (Fsp3) is 0.308. The number of aryl methyl sites for hydroxylation is 2. The van der Waals surface area contributed by atoms with E-state index in [1.165, 1.54) is 10.9 Å². The zero-order valence-corrected chi connectivity index (χ0v) is 12.1. The molecule has 0 aliphatic rings. The minimum absolute atomic E-state index is 0.130. The molecule has 1 nitrogen and oxygen atoms in total. The average molecular weight is 314 g/mol. The van der Waals surface area contributed by atoms with E-state index in [-0.39, 0.29) is 10.6 Å². The first-order valence-electron chi connectivity index (χ1n) is 5.39. The first-order valence-corrected chi connectivity index (χ1v) is 7.12. The molecule has 17 heavy (non-hydrogen) atoms. The number of halogens is 2. The predicted molar refractivity (Wildman–Crippen MR) is 73.4 cm³/mol. The van der Waals surface area contributed by atoms with Gasteiger partial charge in [0.25, 0.3) is 0 Å². The van der Waals surface area contributed by atoms with Crippen molar-refractivity contribution in [1.29, 1.82) is 0 Å². The van der Waals surface area contributed by atoms with Crippen molar-refractivity contribution in [2.75, 3.05) is 0 Å². The van der Waals surface area contributed by atoms with E-state index >= 15 is 0 Å². The van der Waals surface area contributed by atoms with Crippen molar-refractivity contribution in [1.82, 2.24) is 4.98 Å². The lowest BCUT2D eigenvalue weighted by Crippen LogP contribution is -1.97. The summed E-state index contributed by atoms with van der Waals surface area (Å²) in [6.45, 7) is 3.98. The van der Waals surface area contributed by atoms with Gasteiger partial charge in [-0.1, -0.05) is 34.1 Å². The summed E-state index contributed by atoms with van der Waals surface area (Å²) in [4.78, 5) is 5.71. The van der Waals surface area contributed by atoms with E-state index in [0.29, 0.717) is 6.42 Å². The molecule has 1 aromatic carbocycles.